The van der Waals surface area contributed by atoms with Crippen LogP contribution in [0, 0.1) is 0 Å². The van der Waals surface area contributed by atoms with E-state index < -0.39 is 0 Å². The molecule has 18 heavy (non-hydrogen) atoms. The average Bonchev–Trinajstić information content (AvgIpc) is 2.77. The minimum Gasteiger partial charge on any atom is -0.385 e. The minimum absolute atomic E-state index is 0.229. The molecule has 0 bridgehead atoms. The molecule has 2 heterocycles. The molecule has 0 aliphatic rings. The van der Waals surface area contributed by atoms with Crippen molar-refractivity contribution in [1.29, 1.82) is 0 Å². The molecule has 7 heteroatoms. The van der Waals surface area contributed by atoms with E-state index in [1.165, 1.54) is 4.52 Å². The first-order valence-electron chi connectivity index (χ1n) is 5.50. The Labute approximate surface area is 109 Å². The highest BCUT2D eigenvalue weighted by Gasteiger charge is 2.10. The summed E-state index contributed by atoms with van der Waals surface area (Å²) < 4.78 is 6.37. The van der Waals surface area contributed by atoms with Crippen LogP contribution in [0.1, 0.15) is 16.9 Å². The molecule has 0 aromatic carbocycles. The topological polar surface area (TPSA) is 68.5 Å². The summed E-state index contributed by atoms with van der Waals surface area (Å²) in [5.41, 5.74) is 0.906. The van der Waals surface area contributed by atoms with Crippen LogP contribution >= 0.6 is 11.6 Å². The van der Waals surface area contributed by atoms with Gasteiger partial charge in [0.05, 0.1) is 6.20 Å². The lowest BCUT2D eigenvalue weighted by Gasteiger charge is -2.01. The number of carbonyl (C=O) groups is 1. The fourth-order valence-corrected chi connectivity index (χ4v) is 1.62. The number of methoxy groups -OCH3 is 1. The highest BCUT2D eigenvalue weighted by molar-refractivity contribution is 6.29. The van der Waals surface area contributed by atoms with Gasteiger partial charge in [-0.1, -0.05) is 11.6 Å². The Morgan fingerprint density at radius 2 is 2.39 bits per heavy atom. The summed E-state index contributed by atoms with van der Waals surface area (Å²) in [5, 5.41) is 7.12. The third kappa shape index (κ3) is 2.96. The molecule has 0 spiro atoms. The van der Waals surface area contributed by atoms with E-state index >= 15 is 0 Å². The number of ether oxygens (including phenoxy) is 1. The molecular weight excluding hydrogens is 256 g/mol. The first-order valence-corrected chi connectivity index (χ1v) is 5.87. The van der Waals surface area contributed by atoms with E-state index in [1.807, 2.05) is 0 Å². The molecule has 6 nitrogen and oxygen atoms in total. The van der Waals surface area contributed by atoms with Crippen molar-refractivity contribution < 1.29 is 9.53 Å². The maximum atomic E-state index is 11.8. The number of aromatic nitrogens is 3. The Morgan fingerprint density at radius 1 is 1.56 bits per heavy atom. The van der Waals surface area contributed by atoms with Gasteiger partial charge in [-0.15, -0.1) is 0 Å². The Hall–Kier alpha value is -1.66. The fraction of sp³-hybridized carbons (Fsp3) is 0.364. The van der Waals surface area contributed by atoms with E-state index in [4.69, 9.17) is 16.3 Å². The molecule has 0 saturated carbocycles. The number of nitrogens with zero attached hydrogens (tertiary/aromatic N) is 3. The van der Waals surface area contributed by atoms with Crippen LogP contribution in [-0.4, -0.2) is 40.8 Å². The normalized spacial score (nSPS) is 10.8. The van der Waals surface area contributed by atoms with Crippen molar-refractivity contribution in [3.8, 4) is 0 Å². The molecule has 2 aromatic heterocycles. The van der Waals surface area contributed by atoms with Gasteiger partial charge in [-0.3, -0.25) is 4.79 Å². The van der Waals surface area contributed by atoms with Crippen LogP contribution in [0.15, 0.2) is 18.3 Å². The second-order valence-electron chi connectivity index (χ2n) is 3.69. The number of rotatable bonds is 5. The number of halogens is 1. The molecule has 2 rings (SSSR count). The Bertz CT molecular complexity index is 555. The summed E-state index contributed by atoms with van der Waals surface area (Å²) in [4.78, 5) is 15.9. The smallest absolute Gasteiger partial charge is 0.271 e. The molecule has 0 aliphatic carbocycles. The van der Waals surface area contributed by atoms with E-state index in [-0.39, 0.29) is 5.91 Å². The molecule has 1 amide bonds. The predicted molar refractivity (Wildman–Crippen MR) is 66.8 cm³/mol. The van der Waals surface area contributed by atoms with Gasteiger partial charge >= 0.3 is 0 Å². The van der Waals surface area contributed by atoms with Gasteiger partial charge in [0.25, 0.3) is 5.91 Å². The predicted octanol–water partition coefficient (Wildman–Crippen LogP) is 1.15. The Kier molecular flexibility index (Phi) is 4.11. The number of imidazole rings is 1. The van der Waals surface area contributed by atoms with Crippen molar-refractivity contribution in [3.05, 3.63) is 29.2 Å². The van der Waals surface area contributed by atoms with Crippen LogP contribution in [0.3, 0.4) is 0 Å². The zero-order valence-electron chi connectivity index (χ0n) is 9.89. The Balaban J connectivity index is 2.04. The molecule has 0 unspecified atom stereocenters. The highest BCUT2D eigenvalue weighted by Crippen LogP contribution is 2.08. The van der Waals surface area contributed by atoms with Crippen molar-refractivity contribution in [2.45, 2.75) is 6.42 Å². The van der Waals surface area contributed by atoms with Crippen LogP contribution < -0.4 is 5.32 Å². The van der Waals surface area contributed by atoms with E-state index in [1.54, 1.807) is 25.4 Å². The molecule has 0 atom stereocenters. The number of hydrogen-bond acceptors (Lipinski definition) is 4. The summed E-state index contributed by atoms with van der Waals surface area (Å²) in [6.45, 7) is 1.16. The third-order valence-electron chi connectivity index (χ3n) is 2.33. The summed E-state index contributed by atoms with van der Waals surface area (Å²) in [5.74, 6) is -0.229. The van der Waals surface area contributed by atoms with Crippen molar-refractivity contribution in [3.63, 3.8) is 0 Å². The number of hydrogen-bond donors (Lipinski definition) is 1. The first-order chi connectivity index (χ1) is 8.70. The van der Waals surface area contributed by atoms with Crippen LogP contribution in [0.5, 0.6) is 0 Å². The van der Waals surface area contributed by atoms with Crippen LogP contribution in [-0.2, 0) is 4.74 Å². The maximum absolute atomic E-state index is 11.8. The van der Waals surface area contributed by atoms with E-state index in [9.17, 15) is 4.79 Å². The van der Waals surface area contributed by atoms with E-state index in [2.05, 4.69) is 15.4 Å². The largest absolute Gasteiger partial charge is 0.385 e. The third-order valence-corrected chi connectivity index (χ3v) is 2.53. The van der Waals surface area contributed by atoms with E-state index in [0.29, 0.717) is 29.6 Å². The molecule has 0 radical (unpaired) electrons. The van der Waals surface area contributed by atoms with Gasteiger partial charge in [0.15, 0.2) is 5.65 Å². The quantitative estimate of drug-likeness (QED) is 0.826. The molecule has 0 aliphatic heterocycles. The zero-order chi connectivity index (χ0) is 13.0. The van der Waals surface area contributed by atoms with Gasteiger partial charge in [0, 0.05) is 20.3 Å². The van der Waals surface area contributed by atoms with Gasteiger partial charge in [0.2, 0.25) is 0 Å². The van der Waals surface area contributed by atoms with Crippen molar-refractivity contribution in [2.75, 3.05) is 20.3 Å². The Morgan fingerprint density at radius 3 is 3.17 bits per heavy atom. The van der Waals surface area contributed by atoms with Gasteiger partial charge in [0.1, 0.15) is 10.8 Å². The van der Waals surface area contributed by atoms with Crippen LogP contribution in [0.2, 0.25) is 5.15 Å². The van der Waals surface area contributed by atoms with Gasteiger partial charge < -0.3 is 10.1 Å². The number of amides is 1. The van der Waals surface area contributed by atoms with Crippen LogP contribution in [0.25, 0.3) is 5.65 Å². The SMILES string of the molecule is COCCCNC(=O)c1cn2nc(Cl)ccc2n1. The number of fused-ring (bicyclic) bond motifs is 1. The second-order valence-corrected chi connectivity index (χ2v) is 4.07. The van der Waals surface area contributed by atoms with Gasteiger partial charge in [-0.25, -0.2) is 9.50 Å². The monoisotopic (exact) mass is 268 g/mol. The van der Waals surface area contributed by atoms with Gasteiger partial charge in [-0.05, 0) is 18.6 Å². The summed E-state index contributed by atoms with van der Waals surface area (Å²) in [7, 11) is 1.62. The molecule has 2 aromatic rings. The van der Waals surface area contributed by atoms with Crippen molar-refractivity contribution >= 4 is 23.2 Å². The molecule has 96 valence electrons. The standard InChI is InChI=1S/C11H13ClN4O2/c1-18-6-2-5-13-11(17)8-7-16-10(14-8)4-3-9(12)15-16/h3-4,7H,2,5-6H2,1H3,(H,13,17). The average molecular weight is 269 g/mol. The van der Waals surface area contributed by atoms with Crippen molar-refractivity contribution in [2.24, 2.45) is 0 Å². The molecule has 0 saturated heterocycles. The second kappa shape index (κ2) is 5.79. The molecule has 1 N–H and O–H groups in total. The number of carbonyl (C=O) groups excluding carboxylic acids is 1. The maximum Gasteiger partial charge on any atom is 0.271 e. The molecule has 0 fully saturated rings. The van der Waals surface area contributed by atoms with Crippen molar-refractivity contribution in [1.82, 2.24) is 19.9 Å². The molecular formula is C11H13ClN4O2. The zero-order valence-corrected chi connectivity index (χ0v) is 10.6. The first kappa shape index (κ1) is 12.8. The summed E-state index contributed by atoms with van der Waals surface area (Å²) in [6, 6.07) is 3.33. The minimum atomic E-state index is -0.229. The summed E-state index contributed by atoms with van der Waals surface area (Å²) in [6.07, 6.45) is 2.31. The highest BCUT2D eigenvalue weighted by atomic mass is 35.5. The van der Waals surface area contributed by atoms with E-state index in [0.717, 1.165) is 6.42 Å². The van der Waals surface area contributed by atoms with Gasteiger partial charge in [-0.2, -0.15) is 5.10 Å². The lowest BCUT2D eigenvalue weighted by Crippen LogP contribution is -2.25. The lowest BCUT2D eigenvalue weighted by atomic mass is 10.4. The number of nitrogens with one attached hydrogen (secondary N) is 1. The summed E-state index contributed by atoms with van der Waals surface area (Å²) >= 11 is 5.75. The van der Waals surface area contributed by atoms with Crippen LogP contribution in [0.4, 0.5) is 0 Å². The lowest BCUT2D eigenvalue weighted by molar-refractivity contribution is 0.0944. The fourth-order valence-electron chi connectivity index (χ4n) is 1.48.